The van der Waals surface area contributed by atoms with Crippen LogP contribution in [0.4, 0.5) is 0 Å². The summed E-state index contributed by atoms with van der Waals surface area (Å²) in [7, 11) is 1.75. The largest absolute Gasteiger partial charge is 0.385 e. The van der Waals surface area contributed by atoms with Crippen LogP contribution >= 0.6 is 23.4 Å². The zero-order valence-electron chi connectivity index (χ0n) is 10.7. The van der Waals surface area contributed by atoms with E-state index in [1.807, 2.05) is 23.9 Å². The van der Waals surface area contributed by atoms with Gasteiger partial charge >= 0.3 is 0 Å². The van der Waals surface area contributed by atoms with Crippen molar-refractivity contribution in [3.63, 3.8) is 0 Å². The maximum Gasteiger partial charge on any atom is 0.0470 e. The molecule has 2 rings (SSSR count). The van der Waals surface area contributed by atoms with Gasteiger partial charge in [0.05, 0.1) is 0 Å². The first-order valence-corrected chi connectivity index (χ1v) is 7.80. The highest BCUT2D eigenvalue weighted by Gasteiger charge is 2.21. The fourth-order valence-electron chi connectivity index (χ4n) is 1.76. The summed E-state index contributed by atoms with van der Waals surface area (Å²) < 4.78 is 5.07. The molecule has 100 valence electrons. The van der Waals surface area contributed by atoms with E-state index < -0.39 is 0 Å². The van der Waals surface area contributed by atoms with Crippen LogP contribution in [0, 0.1) is 0 Å². The second kappa shape index (κ2) is 7.39. The summed E-state index contributed by atoms with van der Waals surface area (Å²) in [5, 5.41) is 4.41. The van der Waals surface area contributed by atoms with E-state index in [0.29, 0.717) is 6.04 Å². The van der Waals surface area contributed by atoms with E-state index in [1.165, 1.54) is 23.3 Å². The Morgan fingerprint density at radius 2 is 2.28 bits per heavy atom. The Hall–Kier alpha value is -0.220. The molecule has 0 spiro atoms. The first kappa shape index (κ1) is 14.2. The summed E-state index contributed by atoms with van der Waals surface area (Å²) in [4.78, 5) is 1.30. The second-order valence-corrected chi connectivity index (χ2v) is 6.11. The third-order valence-electron chi connectivity index (χ3n) is 2.97. The third-order valence-corrected chi connectivity index (χ3v) is 4.51. The number of thioether (sulfide) groups is 1. The van der Waals surface area contributed by atoms with Crippen molar-refractivity contribution in [3.05, 3.63) is 28.8 Å². The van der Waals surface area contributed by atoms with Crippen molar-refractivity contribution in [1.29, 1.82) is 0 Å². The first-order chi connectivity index (χ1) is 8.81. The lowest BCUT2D eigenvalue weighted by Crippen LogP contribution is -2.16. The number of nitrogens with one attached hydrogen (secondary N) is 1. The Labute approximate surface area is 118 Å². The Bertz CT molecular complexity index is 382. The van der Waals surface area contributed by atoms with Gasteiger partial charge in [-0.05, 0) is 37.0 Å². The van der Waals surface area contributed by atoms with Crippen LogP contribution in [0.5, 0.6) is 0 Å². The van der Waals surface area contributed by atoms with Gasteiger partial charge in [-0.3, -0.25) is 0 Å². The molecule has 1 aliphatic rings. The van der Waals surface area contributed by atoms with E-state index in [-0.39, 0.29) is 0 Å². The van der Waals surface area contributed by atoms with Crippen LogP contribution in [0.1, 0.15) is 24.8 Å². The van der Waals surface area contributed by atoms with Gasteiger partial charge in [0.15, 0.2) is 0 Å². The summed E-state index contributed by atoms with van der Waals surface area (Å²) >= 11 is 8.16. The molecule has 0 radical (unpaired) electrons. The lowest BCUT2D eigenvalue weighted by atomic mass is 10.2. The van der Waals surface area contributed by atoms with Crippen LogP contribution in [-0.2, 0) is 11.3 Å². The van der Waals surface area contributed by atoms with E-state index in [0.717, 1.165) is 30.3 Å². The topological polar surface area (TPSA) is 21.3 Å². The monoisotopic (exact) mass is 285 g/mol. The van der Waals surface area contributed by atoms with Gasteiger partial charge in [0.2, 0.25) is 0 Å². The van der Waals surface area contributed by atoms with E-state index in [2.05, 4.69) is 11.4 Å². The number of halogens is 1. The third kappa shape index (κ3) is 4.47. The summed E-state index contributed by atoms with van der Waals surface area (Å²) in [6, 6.07) is 6.88. The van der Waals surface area contributed by atoms with Gasteiger partial charge in [-0.25, -0.2) is 0 Å². The molecule has 1 aromatic rings. The average Bonchev–Trinajstić information content (AvgIpc) is 3.18. The SMILES string of the molecule is COCCCSc1cccc(Cl)c1CNC1CC1. The van der Waals surface area contributed by atoms with E-state index in [9.17, 15) is 0 Å². The average molecular weight is 286 g/mol. The van der Waals surface area contributed by atoms with Crippen molar-refractivity contribution < 1.29 is 4.74 Å². The fraction of sp³-hybridized carbons (Fsp3) is 0.571. The summed E-state index contributed by atoms with van der Waals surface area (Å²) in [5.74, 6) is 1.07. The van der Waals surface area contributed by atoms with Gasteiger partial charge < -0.3 is 10.1 Å². The molecule has 4 heteroatoms. The molecule has 1 saturated carbocycles. The van der Waals surface area contributed by atoms with Crippen LogP contribution in [0.15, 0.2) is 23.1 Å². The molecule has 0 unspecified atom stereocenters. The maximum absolute atomic E-state index is 6.30. The van der Waals surface area contributed by atoms with E-state index in [4.69, 9.17) is 16.3 Å². The van der Waals surface area contributed by atoms with Crippen molar-refractivity contribution in [1.82, 2.24) is 5.32 Å². The quantitative estimate of drug-likeness (QED) is 0.581. The molecule has 0 aliphatic heterocycles. The minimum absolute atomic E-state index is 0.715. The van der Waals surface area contributed by atoms with Crippen molar-refractivity contribution in [2.75, 3.05) is 19.5 Å². The van der Waals surface area contributed by atoms with Crippen molar-refractivity contribution in [2.24, 2.45) is 0 Å². The predicted molar refractivity (Wildman–Crippen MR) is 78.5 cm³/mol. The van der Waals surface area contributed by atoms with Gasteiger partial charge in [0.1, 0.15) is 0 Å². The zero-order chi connectivity index (χ0) is 12.8. The van der Waals surface area contributed by atoms with Gasteiger partial charge in [-0.15, -0.1) is 11.8 Å². The Balaban J connectivity index is 1.91. The van der Waals surface area contributed by atoms with Crippen LogP contribution < -0.4 is 5.32 Å². The highest BCUT2D eigenvalue weighted by molar-refractivity contribution is 7.99. The molecular formula is C14H20ClNOS. The van der Waals surface area contributed by atoms with Crippen molar-refractivity contribution >= 4 is 23.4 Å². The van der Waals surface area contributed by atoms with Crippen LogP contribution in [0.3, 0.4) is 0 Å². The van der Waals surface area contributed by atoms with Crippen molar-refractivity contribution in [2.45, 2.75) is 36.7 Å². The summed E-state index contributed by atoms with van der Waals surface area (Å²) in [6.45, 7) is 1.71. The molecule has 0 aromatic heterocycles. The van der Waals surface area contributed by atoms with Gasteiger partial charge in [-0.2, -0.15) is 0 Å². The predicted octanol–water partition coefficient (Wildman–Crippen LogP) is 3.72. The van der Waals surface area contributed by atoms with Gasteiger partial charge in [0, 0.05) is 42.0 Å². The van der Waals surface area contributed by atoms with E-state index >= 15 is 0 Å². The molecule has 1 aromatic carbocycles. The Morgan fingerprint density at radius 1 is 1.44 bits per heavy atom. The normalized spacial score (nSPS) is 15.0. The number of ether oxygens (including phenoxy) is 1. The van der Waals surface area contributed by atoms with Gasteiger partial charge in [-0.1, -0.05) is 17.7 Å². The lowest BCUT2D eigenvalue weighted by Gasteiger charge is -2.11. The fourth-order valence-corrected chi connectivity index (χ4v) is 3.08. The Kier molecular flexibility index (Phi) is 5.83. The maximum atomic E-state index is 6.30. The second-order valence-electron chi connectivity index (χ2n) is 4.57. The molecule has 1 aliphatic carbocycles. The molecule has 0 atom stereocenters. The highest BCUT2D eigenvalue weighted by atomic mass is 35.5. The molecule has 18 heavy (non-hydrogen) atoms. The Morgan fingerprint density at radius 3 is 3.00 bits per heavy atom. The number of hydrogen-bond donors (Lipinski definition) is 1. The number of benzene rings is 1. The van der Waals surface area contributed by atoms with Crippen LogP contribution in [0.25, 0.3) is 0 Å². The minimum Gasteiger partial charge on any atom is -0.385 e. The van der Waals surface area contributed by atoms with Crippen LogP contribution in [0.2, 0.25) is 5.02 Å². The molecule has 1 fully saturated rings. The highest BCUT2D eigenvalue weighted by Crippen LogP contribution is 2.30. The molecule has 1 N–H and O–H groups in total. The smallest absolute Gasteiger partial charge is 0.0470 e. The van der Waals surface area contributed by atoms with Crippen molar-refractivity contribution in [3.8, 4) is 0 Å². The molecule has 0 bridgehead atoms. The number of hydrogen-bond acceptors (Lipinski definition) is 3. The molecule has 0 saturated heterocycles. The molecule has 2 nitrogen and oxygen atoms in total. The standard InChI is InChI=1S/C14H20ClNOS/c1-17-8-3-9-18-14-5-2-4-13(15)12(14)10-16-11-6-7-11/h2,4-5,11,16H,3,6-10H2,1H3. The zero-order valence-corrected chi connectivity index (χ0v) is 12.3. The summed E-state index contributed by atoms with van der Waals surface area (Å²) in [6.07, 6.45) is 3.69. The number of rotatable bonds is 8. The molecule has 0 heterocycles. The van der Waals surface area contributed by atoms with Gasteiger partial charge in [0.25, 0.3) is 0 Å². The summed E-state index contributed by atoms with van der Waals surface area (Å²) in [5.41, 5.74) is 1.24. The molecular weight excluding hydrogens is 266 g/mol. The molecule has 0 amide bonds. The minimum atomic E-state index is 0.715. The first-order valence-electron chi connectivity index (χ1n) is 6.44. The number of methoxy groups -OCH3 is 1. The van der Waals surface area contributed by atoms with Crippen LogP contribution in [-0.4, -0.2) is 25.5 Å². The van der Waals surface area contributed by atoms with E-state index in [1.54, 1.807) is 7.11 Å². The lowest BCUT2D eigenvalue weighted by molar-refractivity contribution is 0.200.